The van der Waals surface area contributed by atoms with E-state index in [4.69, 9.17) is 23.2 Å². The molecule has 0 atom stereocenters. The van der Waals surface area contributed by atoms with Gasteiger partial charge in [-0.3, -0.25) is 0 Å². The third-order valence-corrected chi connectivity index (χ3v) is 8.42. The second-order valence-electron chi connectivity index (χ2n) is 11.1. The summed E-state index contributed by atoms with van der Waals surface area (Å²) in [5.41, 5.74) is 6.81. The third kappa shape index (κ3) is 6.15. The van der Waals surface area contributed by atoms with Gasteiger partial charge in [0.2, 0.25) is 0 Å². The molecule has 7 aromatic rings. The number of nitrogens with zero attached hydrogens (tertiary/aromatic N) is 2. The van der Waals surface area contributed by atoms with Gasteiger partial charge in [0, 0.05) is 55.2 Å². The zero-order valence-electron chi connectivity index (χ0n) is 23.9. The van der Waals surface area contributed by atoms with Crippen molar-refractivity contribution in [3.8, 4) is 23.7 Å². The molecule has 4 nitrogen and oxygen atoms in total. The van der Waals surface area contributed by atoms with Gasteiger partial charge in [-0.1, -0.05) is 84.3 Å². The number of H-pyrrole nitrogens is 2. The Morgan fingerprint density at radius 3 is 1.68 bits per heavy atom. The second kappa shape index (κ2) is 12.5. The Bertz CT molecular complexity index is 2250. The number of benzene rings is 3. The Morgan fingerprint density at radius 2 is 1.09 bits per heavy atom. The normalized spacial score (nSPS) is 13.2. The molecule has 1 aliphatic rings. The van der Waals surface area contributed by atoms with Gasteiger partial charge in [-0.05, 0) is 85.6 Å². The quantitative estimate of drug-likeness (QED) is 0.132. The van der Waals surface area contributed by atoms with E-state index in [0.717, 1.165) is 60.6 Å². The second-order valence-corrected chi connectivity index (χ2v) is 11.8. The van der Waals surface area contributed by atoms with E-state index in [1.54, 1.807) is 6.07 Å². The fourth-order valence-corrected chi connectivity index (χ4v) is 6.05. The van der Waals surface area contributed by atoms with Crippen LogP contribution >= 0.6 is 23.2 Å². The average molecular weight is 612 g/mol. The first kappa shape index (κ1) is 28.1. The minimum absolute atomic E-state index is 0.489. The molecule has 4 aromatic heterocycles. The summed E-state index contributed by atoms with van der Waals surface area (Å²) in [5.74, 6) is 13.8. The monoisotopic (exact) mass is 610 g/mol. The first-order valence-corrected chi connectivity index (χ1v) is 15.6. The maximum atomic E-state index is 5.96. The lowest BCUT2D eigenvalue weighted by Crippen LogP contribution is -2.02. The summed E-state index contributed by atoms with van der Waals surface area (Å²) >= 11 is 11.9. The van der Waals surface area contributed by atoms with Crippen molar-refractivity contribution in [2.75, 3.05) is 0 Å². The summed E-state index contributed by atoms with van der Waals surface area (Å²) in [5, 5.41) is 5.43. The molecule has 8 rings (SSSR count). The molecule has 4 heterocycles. The highest BCUT2D eigenvalue weighted by Crippen LogP contribution is 2.28. The standard InChI is InChI=1S/C19H17ClN2.C19H11ClN2/c2*20-18-11-9-15-16-12-14(7-6-13-4-2-1-3-5-13)8-10-17(16)21-19(15)22-18/h8-13H,1-5H2,(H,21,22);1-5,8-12H,(H,21,22). The number of rotatable bonds is 0. The van der Waals surface area contributed by atoms with Gasteiger partial charge in [0.05, 0.1) is 0 Å². The molecule has 0 amide bonds. The van der Waals surface area contributed by atoms with Gasteiger partial charge in [0.1, 0.15) is 21.6 Å². The van der Waals surface area contributed by atoms with Gasteiger partial charge in [-0.15, -0.1) is 0 Å². The van der Waals surface area contributed by atoms with E-state index < -0.39 is 0 Å². The minimum Gasteiger partial charge on any atom is -0.339 e. The van der Waals surface area contributed by atoms with Crippen molar-refractivity contribution >= 4 is 67.1 Å². The molecule has 44 heavy (non-hydrogen) atoms. The van der Waals surface area contributed by atoms with Crippen LogP contribution in [0.5, 0.6) is 0 Å². The number of halogens is 2. The summed E-state index contributed by atoms with van der Waals surface area (Å²) in [4.78, 5) is 15.2. The number of aromatic nitrogens is 4. The fourth-order valence-electron chi connectivity index (χ4n) is 5.76. The van der Waals surface area contributed by atoms with Crippen LogP contribution in [0.15, 0.2) is 91.0 Å². The van der Waals surface area contributed by atoms with Gasteiger partial charge in [-0.2, -0.15) is 0 Å². The third-order valence-electron chi connectivity index (χ3n) is 8.00. The maximum Gasteiger partial charge on any atom is 0.140 e. The zero-order valence-corrected chi connectivity index (χ0v) is 25.4. The SMILES string of the molecule is Clc1ccc2c(n1)[nH]c1ccc(C#CC3CCCCC3)cc12.Clc1ccc2c(n1)[nH]c1ccc(C#Cc3ccccc3)cc12. The summed E-state index contributed by atoms with van der Waals surface area (Å²) in [7, 11) is 0. The fraction of sp³-hybridized carbons (Fsp3) is 0.158. The zero-order chi connectivity index (χ0) is 29.9. The van der Waals surface area contributed by atoms with Crippen molar-refractivity contribution < 1.29 is 0 Å². The number of hydrogen-bond donors (Lipinski definition) is 2. The summed E-state index contributed by atoms with van der Waals surface area (Å²) in [6, 6.07) is 30.0. The van der Waals surface area contributed by atoms with Crippen LogP contribution in [0.4, 0.5) is 0 Å². The van der Waals surface area contributed by atoms with Crippen molar-refractivity contribution in [1.82, 2.24) is 19.9 Å². The van der Waals surface area contributed by atoms with Crippen molar-refractivity contribution in [2.45, 2.75) is 32.1 Å². The molecule has 6 heteroatoms. The number of aromatic amines is 2. The molecule has 1 aliphatic carbocycles. The van der Waals surface area contributed by atoms with Crippen LogP contribution in [-0.2, 0) is 0 Å². The topological polar surface area (TPSA) is 57.4 Å². The van der Waals surface area contributed by atoms with Gasteiger partial charge in [0.25, 0.3) is 0 Å². The Balaban J connectivity index is 0.000000142. The lowest BCUT2D eigenvalue weighted by atomic mass is 9.89. The van der Waals surface area contributed by atoms with Crippen LogP contribution in [0.1, 0.15) is 48.8 Å². The van der Waals surface area contributed by atoms with Crippen molar-refractivity contribution in [2.24, 2.45) is 5.92 Å². The van der Waals surface area contributed by atoms with Gasteiger partial charge >= 0.3 is 0 Å². The molecule has 2 N–H and O–H groups in total. The molecule has 0 saturated heterocycles. The molecule has 0 unspecified atom stereocenters. The van der Waals surface area contributed by atoms with Crippen LogP contribution < -0.4 is 0 Å². The average Bonchev–Trinajstić information content (AvgIpc) is 3.60. The largest absolute Gasteiger partial charge is 0.339 e. The van der Waals surface area contributed by atoms with Crippen LogP contribution in [0, 0.1) is 29.6 Å². The number of nitrogens with one attached hydrogen (secondary N) is 2. The van der Waals surface area contributed by atoms with E-state index >= 15 is 0 Å². The van der Waals surface area contributed by atoms with Crippen molar-refractivity contribution in [3.05, 3.63) is 118 Å². The Morgan fingerprint density at radius 1 is 0.545 bits per heavy atom. The summed E-state index contributed by atoms with van der Waals surface area (Å²) < 4.78 is 0. The highest BCUT2D eigenvalue weighted by Gasteiger charge is 2.11. The molecular formula is C38H28Cl2N4. The van der Waals surface area contributed by atoms with Gasteiger partial charge in [0.15, 0.2) is 0 Å². The lowest BCUT2D eigenvalue weighted by Gasteiger charge is -2.15. The molecule has 214 valence electrons. The molecular weight excluding hydrogens is 583 g/mol. The summed E-state index contributed by atoms with van der Waals surface area (Å²) in [6.07, 6.45) is 6.53. The molecule has 0 radical (unpaired) electrons. The molecule has 1 saturated carbocycles. The van der Waals surface area contributed by atoms with Crippen molar-refractivity contribution in [3.63, 3.8) is 0 Å². The number of pyridine rings is 2. The molecule has 3 aromatic carbocycles. The van der Waals surface area contributed by atoms with E-state index in [9.17, 15) is 0 Å². The first-order valence-electron chi connectivity index (χ1n) is 14.8. The van der Waals surface area contributed by atoms with Crippen LogP contribution in [0.2, 0.25) is 10.3 Å². The maximum absolute atomic E-state index is 5.96. The van der Waals surface area contributed by atoms with E-state index in [-0.39, 0.29) is 0 Å². The predicted molar refractivity (Wildman–Crippen MR) is 183 cm³/mol. The predicted octanol–water partition coefficient (Wildman–Crippen LogP) is 10.1. The number of hydrogen-bond acceptors (Lipinski definition) is 2. The Hall–Kier alpha value is -4.74. The van der Waals surface area contributed by atoms with Gasteiger partial charge < -0.3 is 9.97 Å². The van der Waals surface area contributed by atoms with Crippen LogP contribution in [-0.4, -0.2) is 19.9 Å². The highest BCUT2D eigenvalue weighted by molar-refractivity contribution is 6.30. The van der Waals surface area contributed by atoms with E-state index in [2.05, 4.69) is 67.9 Å². The molecule has 1 fully saturated rings. The molecule has 0 spiro atoms. The Kier molecular flexibility index (Phi) is 7.95. The van der Waals surface area contributed by atoms with E-state index in [1.165, 1.54) is 32.1 Å². The van der Waals surface area contributed by atoms with Crippen LogP contribution in [0.25, 0.3) is 43.9 Å². The van der Waals surface area contributed by atoms with Crippen LogP contribution in [0.3, 0.4) is 0 Å². The summed E-state index contributed by atoms with van der Waals surface area (Å²) in [6.45, 7) is 0. The van der Waals surface area contributed by atoms with E-state index in [0.29, 0.717) is 16.2 Å². The Labute approximate surface area is 265 Å². The highest BCUT2D eigenvalue weighted by atomic mass is 35.5. The molecule has 0 aliphatic heterocycles. The van der Waals surface area contributed by atoms with Gasteiger partial charge in [-0.25, -0.2) is 9.97 Å². The molecule has 0 bridgehead atoms. The van der Waals surface area contributed by atoms with Crippen molar-refractivity contribution in [1.29, 1.82) is 0 Å². The lowest BCUT2D eigenvalue weighted by molar-refractivity contribution is 0.430. The van der Waals surface area contributed by atoms with E-state index in [1.807, 2.05) is 60.7 Å². The number of fused-ring (bicyclic) bond motifs is 6. The smallest absolute Gasteiger partial charge is 0.140 e. The minimum atomic E-state index is 0.489. The first-order chi connectivity index (χ1) is 21.6.